The summed E-state index contributed by atoms with van der Waals surface area (Å²) in [6.45, 7) is 1.63. The number of hydrogen-bond acceptors (Lipinski definition) is 24. The number of aromatic hydroxyl groups is 2. The van der Waals surface area contributed by atoms with Crippen molar-refractivity contribution in [3.63, 3.8) is 0 Å². The van der Waals surface area contributed by atoms with E-state index in [-0.39, 0.29) is 10.8 Å². The molecule has 0 aliphatic carbocycles. The molecule has 8 rings (SSSR count). The van der Waals surface area contributed by atoms with Crippen molar-refractivity contribution in [1.29, 1.82) is 0 Å². The first-order chi connectivity index (χ1) is 36.9. The van der Waals surface area contributed by atoms with Crippen molar-refractivity contribution in [2.45, 2.75) is 41.2 Å². The molecule has 8 aromatic carbocycles. The van der Waals surface area contributed by atoms with Gasteiger partial charge in [0.05, 0.1) is 21.7 Å². The molecule has 0 saturated carbocycles. The van der Waals surface area contributed by atoms with Gasteiger partial charge in [-0.05, 0) is 91.2 Å². The first kappa shape index (κ1) is 58.1. The van der Waals surface area contributed by atoms with E-state index in [1.54, 1.807) is 6.92 Å². The van der Waals surface area contributed by atoms with Gasteiger partial charge in [0.2, 0.25) is 0 Å². The van der Waals surface area contributed by atoms with E-state index in [0.29, 0.717) is 29.8 Å². The second-order valence-corrected chi connectivity index (χ2v) is 26.4. The van der Waals surface area contributed by atoms with E-state index in [4.69, 9.17) is 9.92 Å². The number of nitrogen functional groups attached to an aromatic ring is 1. The standard InChI is InChI=1S/C43H31N7O23S7/c1-20-6-9-23(10-7-20)80(71,72)73-32-17-24(74(53,54)55)16-27-26(32)12-13-30(43(27)79(68,69)70)47-48-31-19-34(76(59,60)61)28-18-36(78(65,66)67)40(42(52)37(28)38(31)44)49-45-22-8-11-25-21(14-22)15-35(77(62,63)64)39(41(25)51)50-46-29-4-2-3-5-33(29)75(56,57)58/h2-19,51-52H,44H2,1H3,(H,53,54,55)(H,56,57,58)(H,59,60,61)(H,62,63,64)(H,65,66,67)(H,68,69,70). The van der Waals surface area contributed by atoms with Crippen molar-refractivity contribution in [1.82, 2.24) is 0 Å². The summed E-state index contributed by atoms with van der Waals surface area (Å²) in [4.78, 5) is -7.61. The van der Waals surface area contributed by atoms with E-state index in [0.717, 1.165) is 60.7 Å². The smallest absolute Gasteiger partial charge is 0.339 e. The van der Waals surface area contributed by atoms with Crippen molar-refractivity contribution < 1.29 is 101 Å². The van der Waals surface area contributed by atoms with Crippen molar-refractivity contribution in [2.75, 3.05) is 5.73 Å². The third kappa shape index (κ3) is 11.7. The number of azo groups is 3. The maximum absolute atomic E-state index is 13.3. The van der Waals surface area contributed by atoms with Gasteiger partial charge in [0.1, 0.15) is 57.8 Å². The lowest BCUT2D eigenvalue weighted by Gasteiger charge is -2.15. The van der Waals surface area contributed by atoms with Crippen LogP contribution in [-0.4, -0.2) is 96.5 Å². The first-order valence-corrected chi connectivity index (χ1v) is 31.1. The Labute approximate surface area is 450 Å². The second kappa shape index (κ2) is 20.2. The van der Waals surface area contributed by atoms with Crippen molar-refractivity contribution in [3.05, 3.63) is 115 Å². The highest BCUT2D eigenvalue weighted by atomic mass is 32.2. The normalized spacial score (nSPS) is 13.4. The number of anilines is 1. The molecule has 0 amide bonds. The average Bonchev–Trinajstić information content (AvgIpc) is 3.40. The van der Waals surface area contributed by atoms with Crippen LogP contribution in [0, 0.1) is 6.92 Å². The Morgan fingerprint density at radius 3 is 1.57 bits per heavy atom. The van der Waals surface area contributed by atoms with Crippen LogP contribution in [-0.2, 0) is 70.8 Å². The molecule has 37 heteroatoms. The highest BCUT2D eigenvalue weighted by Gasteiger charge is 2.31. The highest BCUT2D eigenvalue weighted by molar-refractivity contribution is 7.88. The molecule has 80 heavy (non-hydrogen) atoms. The molecule has 0 spiro atoms. The topological polar surface area (TPSA) is 510 Å². The van der Waals surface area contributed by atoms with Gasteiger partial charge in [-0.2, -0.15) is 64.0 Å². The van der Waals surface area contributed by atoms with Gasteiger partial charge >= 0.3 is 10.1 Å². The number of nitrogens with two attached hydrogens (primary N) is 1. The number of phenols is 2. The molecule has 8 aromatic rings. The van der Waals surface area contributed by atoms with E-state index >= 15 is 0 Å². The summed E-state index contributed by atoms with van der Waals surface area (Å²) in [5.41, 5.74) is 1.08. The molecule has 0 aliphatic rings. The third-order valence-electron chi connectivity index (χ3n) is 11.2. The van der Waals surface area contributed by atoms with Crippen molar-refractivity contribution in [2.24, 2.45) is 30.7 Å². The Hall–Kier alpha value is -8.05. The number of phenolic OH excluding ortho intramolecular Hbond substituents is 2. The SMILES string of the molecule is Cc1ccc(S(=O)(=O)Oc2cc(S(=O)(=O)O)cc3c(S(=O)(=O)O)c(N=Nc4cc(S(=O)(=O)O)c5cc(S(=O)(=O)O)c(N=Nc6ccc7c(O)c(N=Nc8ccccc8S(=O)(=O)O)c(S(=O)(=O)O)cc7c6)c(O)c5c4N)ccc23)cc1. The second-order valence-electron chi connectivity index (χ2n) is 16.5. The summed E-state index contributed by atoms with van der Waals surface area (Å²) in [6.07, 6.45) is 0. The van der Waals surface area contributed by atoms with Crippen molar-refractivity contribution >= 4 is 143 Å². The van der Waals surface area contributed by atoms with Gasteiger partial charge in [0, 0.05) is 27.6 Å². The maximum atomic E-state index is 13.3. The van der Waals surface area contributed by atoms with Gasteiger partial charge in [-0.25, -0.2) is 0 Å². The van der Waals surface area contributed by atoms with Crippen LogP contribution in [0.4, 0.5) is 39.8 Å². The van der Waals surface area contributed by atoms with Crippen molar-refractivity contribution in [3.8, 4) is 17.2 Å². The van der Waals surface area contributed by atoms with Crippen LogP contribution in [0.2, 0.25) is 0 Å². The molecule has 0 heterocycles. The van der Waals surface area contributed by atoms with Crippen LogP contribution in [0.25, 0.3) is 32.3 Å². The summed E-state index contributed by atoms with van der Waals surface area (Å²) >= 11 is 0. The molecular formula is C43H31N7O23S7. The van der Waals surface area contributed by atoms with E-state index in [9.17, 15) is 96.5 Å². The number of hydrogen-bond donors (Lipinski definition) is 9. The molecule has 30 nitrogen and oxygen atoms in total. The lowest BCUT2D eigenvalue weighted by Crippen LogP contribution is -2.11. The number of benzene rings is 8. The molecule has 0 unspecified atom stereocenters. The van der Waals surface area contributed by atoms with Crippen LogP contribution in [0.1, 0.15) is 5.56 Å². The fourth-order valence-corrected chi connectivity index (χ4v) is 12.6. The number of aryl methyl sites for hydroxylation is 1. The first-order valence-electron chi connectivity index (χ1n) is 21.1. The summed E-state index contributed by atoms with van der Waals surface area (Å²) in [5.74, 6) is -3.33. The van der Waals surface area contributed by atoms with Gasteiger partial charge < -0.3 is 20.1 Å². The van der Waals surface area contributed by atoms with Gasteiger partial charge in [-0.3, -0.25) is 27.3 Å². The van der Waals surface area contributed by atoms with Crippen LogP contribution in [0.3, 0.4) is 0 Å². The largest absolute Gasteiger partial charge is 0.505 e. The minimum absolute atomic E-state index is 0.258. The summed E-state index contributed by atoms with van der Waals surface area (Å²) in [5, 5.41) is 41.1. The molecule has 0 aromatic heterocycles. The Balaban J connectivity index is 1.28. The molecule has 418 valence electrons. The summed E-state index contributed by atoms with van der Waals surface area (Å²) < 4.78 is 244. The predicted molar refractivity (Wildman–Crippen MR) is 276 cm³/mol. The Kier molecular flexibility index (Phi) is 14.7. The van der Waals surface area contributed by atoms with E-state index in [1.165, 1.54) is 24.3 Å². The molecule has 0 saturated heterocycles. The zero-order chi connectivity index (χ0) is 59.0. The Morgan fingerprint density at radius 1 is 0.425 bits per heavy atom. The predicted octanol–water partition coefficient (Wildman–Crippen LogP) is 7.94. The Bertz CT molecular complexity index is 4960. The molecule has 10 N–H and O–H groups in total. The molecular weight excluding hydrogens is 1210 g/mol. The van der Waals surface area contributed by atoms with Gasteiger partial charge in [0.25, 0.3) is 60.7 Å². The highest BCUT2D eigenvalue weighted by Crippen LogP contribution is 2.50. The lowest BCUT2D eigenvalue weighted by molar-refractivity contribution is 0.471. The quantitative estimate of drug-likeness (QED) is 0.0203. The third-order valence-corrected chi connectivity index (χ3v) is 17.7. The van der Waals surface area contributed by atoms with Gasteiger partial charge in [-0.15, -0.1) is 25.6 Å². The van der Waals surface area contributed by atoms with Crippen LogP contribution in [0.5, 0.6) is 17.2 Å². The minimum atomic E-state index is -5.65. The fourth-order valence-electron chi connectivity index (χ4n) is 7.65. The van der Waals surface area contributed by atoms with Crippen LogP contribution >= 0.6 is 0 Å². The molecule has 0 fully saturated rings. The summed E-state index contributed by atoms with van der Waals surface area (Å²) in [7, 11) is -37.3. The average molecular weight is 1240 g/mol. The van der Waals surface area contributed by atoms with E-state index in [2.05, 4.69) is 30.7 Å². The molecule has 0 atom stereocenters. The number of fused-ring (bicyclic) bond motifs is 3. The number of nitrogens with zero attached hydrogens (tertiary/aromatic N) is 6. The maximum Gasteiger partial charge on any atom is 0.339 e. The van der Waals surface area contributed by atoms with E-state index in [1.807, 2.05) is 0 Å². The molecule has 0 aliphatic heterocycles. The zero-order valence-corrected chi connectivity index (χ0v) is 44.9. The molecule has 0 bridgehead atoms. The zero-order valence-electron chi connectivity index (χ0n) is 39.2. The lowest BCUT2D eigenvalue weighted by atomic mass is 10.0. The fraction of sp³-hybridized carbons (Fsp3) is 0.0233. The summed E-state index contributed by atoms with van der Waals surface area (Å²) in [6, 6.07) is 16.6. The monoisotopic (exact) mass is 1240 g/mol. The van der Waals surface area contributed by atoms with Crippen LogP contribution in [0.15, 0.2) is 174 Å². The molecule has 0 radical (unpaired) electrons. The number of rotatable bonds is 15. The van der Waals surface area contributed by atoms with Gasteiger partial charge in [-0.1, -0.05) is 29.8 Å². The minimum Gasteiger partial charge on any atom is -0.505 e. The van der Waals surface area contributed by atoms with Gasteiger partial charge in [0.15, 0.2) is 17.2 Å². The Morgan fingerprint density at radius 2 is 0.975 bits per heavy atom. The van der Waals surface area contributed by atoms with E-state index < -0.39 is 184 Å². The van der Waals surface area contributed by atoms with Crippen LogP contribution < -0.4 is 9.92 Å².